The standard InChI is InChI=1S/C10H12OS/c1-8(6-11)10-4-2-9(7-12)3-5-10/h2-6,8,12H,7H2,1H3. The highest BCUT2D eigenvalue weighted by molar-refractivity contribution is 7.79. The Morgan fingerprint density at radius 3 is 2.42 bits per heavy atom. The Morgan fingerprint density at radius 2 is 2.00 bits per heavy atom. The van der Waals surface area contributed by atoms with Crippen LogP contribution in [-0.2, 0) is 10.5 Å². The summed E-state index contributed by atoms with van der Waals surface area (Å²) >= 11 is 4.15. The van der Waals surface area contributed by atoms with Gasteiger partial charge in [-0.15, -0.1) is 0 Å². The first-order valence-electron chi connectivity index (χ1n) is 3.93. The van der Waals surface area contributed by atoms with Crippen molar-refractivity contribution in [3.05, 3.63) is 35.4 Å². The SMILES string of the molecule is CC(C=O)c1ccc(CS)cc1. The molecule has 1 atom stereocenters. The average molecular weight is 180 g/mol. The molecule has 0 amide bonds. The van der Waals surface area contributed by atoms with E-state index >= 15 is 0 Å². The van der Waals surface area contributed by atoms with E-state index in [-0.39, 0.29) is 5.92 Å². The lowest BCUT2D eigenvalue weighted by Gasteiger charge is -2.03. The lowest BCUT2D eigenvalue weighted by atomic mass is 10.0. The Labute approximate surface area is 78.2 Å². The minimum atomic E-state index is -0.000956. The van der Waals surface area contributed by atoms with Crippen molar-refractivity contribution in [1.82, 2.24) is 0 Å². The fraction of sp³-hybridized carbons (Fsp3) is 0.300. The second kappa shape index (κ2) is 4.31. The van der Waals surface area contributed by atoms with Crippen molar-refractivity contribution < 1.29 is 4.79 Å². The molecular weight excluding hydrogens is 168 g/mol. The summed E-state index contributed by atoms with van der Waals surface area (Å²) in [6.07, 6.45) is 0.954. The predicted octanol–water partition coefficient (Wildman–Crippen LogP) is 2.42. The molecule has 0 saturated heterocycles. The fourth-order valence-corrected chi connectivity index (χ4v) is 1.22. The van der Waals surface area contributed by atoms with Crippen LogP contribution < -0.4 is 0 Å². The molecule has 0 spiro atoms. The van der Waals surface area contributed by atoms with Gasteiger partial charge >= 0.3 is 0 Å². The van der Waals surface area contributed by atoms with Gasteiger partial charge in [0.1, 0.15) is 6.29 Å². The molecule has 1 rings (SSSR count). The van der Waals surface area contributed by atoms with Gasteiger partial charge in [0.25, 0.3) is 0 Å². The van der Waals surface area contributed by atoms with E-state index in [0.29, 0.717) is 0 Å². The maximum Gasteiger partial charge on any atom is 0.127 e. The summed E-state index contributed by atoms with van der Waals surface area (Å²) in [5.41, 5.74) is 2.25. The first kappa shape index (κ1) is 9.33. The molecule has 0 N–H and O–H groups in total. The Hall–Kier alpha value is -0.760. The third-order valence-corrected chi connectivity index (χ3v) is 2.26. The van der Waals surface area contributed by atoms with Crippen molar-refractivity contribution in [2.75, 3.05) is 0 Å². The summed E-state index contributed by atoms with van der Waals surface area (Å²) in [4.78, 5) is 10.4. The van der Waals surface area contributed by atoms with E-state index in [1.54, 1.807) is 0 Å². The lowest BCUT2D eigenvalue weighted by molar-refractivity contribution is -0.108. The summed E-state index contributed by atoms with van der Waals surface area (Å²) in [5.74, 6) is 0.745. The summed E-state index contributed by atoms with van der Waals surface area (Å²) < 4.78 is 0. The molecule has 1 unspecified atom stereocenters. The zero-order valence-electron chi connectivity index (χ0n) is 7.03. The molecular formula is C10H12OS. The molecule has 0 aliphatic heterocycles. The van der Waals surface area contributed by atoms with E-state index in [1.807, 2.05) is 31.2 Å². The fourth-order valence-electron chi connectivity index (χ4n) is 1.01. The van der Waals surface area contributed by atoms with Crippen LogP contribution in [0.3, 0.4) is 0 Å². The molecule has 1 aromatic carbocycles. The van der Waals surface area contributed by atoms with Crippen LogP contribution in [-0.4, -0.2) is 6.29 Å². The zero-order chi connectivity index (χ0) is 8.97. The molecule has 0 bridgehead atoms. The third kappa shape index (κ3) is 2.11. The quantitative estimate of drug-likeness (QED) is 0.558. The third-order valence-electron chi connectivity index (χ3n) is 1.89. The molecule has 2 heteroatoms. The van der Waals surface area contributed by atoms with Crippen LogP contribution >= 0.6 is 12.6 Å². The van der Waals surface area contributed by atoms with Crippen LogP contribution in [0.2, 0.25) is 0 Å². The number of thiol groups is 1. The average Bonchev–Trinajstić information content (AvgIpc) is 2.17. The first-order valence-corrected chi connectivity index (χ1v) is 4.56. The lowest BCUT2D eigenvalue weighted by Crippen LogP contribution is -1.93. The predicted molar refractivity (Wildman–Crippen MR) is 53.6 cm³/mol. The van der Waals surface area contributed by atoms with Gasteiger partial charge in [-0.25, -0.2) is 0 Å². The molecule has 0 aromatic heterocycles. The number of hydrogen-bond acceptors (Lipinski definition) is 2. The maximum absolute atomic E-state index is 10.4. The van der Waals surface area contributed by atoms with E-state index in [2.05, 4.69) is 12.6 Å². The van der Waals surface area contributed by atoms with Crippen LogP contribution in [0.15, 0.2) is 24.3 Å². The minimum absolute atomic E-state index is 0.000956. The van der Waals surface area contributed by atoms with Gasteiger partial charge in [-0.05, 0) is 11.1 Å². The van der Waals surface area contributed by atoms with E-state index in [4.69, 9.17) is 0 Å². The van der Waals surface area contributed by atoms with Crippen molar-refractivity contribution in [2.45, 2.75) is 18.6 Å². The highest BCUT2D eigenvalue weighted by atomic mass is 32.1. The first-order chi connectivity index (χ1) is 5.77. The number of carbonyl (C=O) groups excluding carboxylic acids is 1. The number of hydrogen-bond donors (Lipinski definition) is 1. The number of aldehydes is 1. The number of benzene rings is 1. The smallest absolute Gasteiger partial charge is 0.127 e. The van der Waals surface area contributed by atoms with E-state index < -0.39 is 0 Å². The summed E-state index contributed by atoms with van der Waals surface area (Å²) in [7, 11) is 0. The van der Waals surface area contributed by atoms with E-state index in [0.717, 1.165) is 17.6 Å². The van der Waals surface area contributed by atoms with Crippen LogP contribution in [0.25, 0.3) is 0 Å². The van der Waals surface area contributed by atoms with Gasteiger partial charge in [-0.2, -0.15) is 12.6 Å². The van der Waals surface area contributed by atoms with Gasteiger partial charge in [0.15, 0.2) is 0 Å². The topological polar surface area (TPSA) is 17.1 Å². The summed E-state index contributed by atoms with van der Waals surface area (Å²) in [5, 5.41) is 0. The zero-order valence-corrected chi connectivity index (χ0v) is 7.92. The monoisotopic (exact) mass is 180 g/mol. The molecule has 0 saturated carbocycles. The van der Waals surface area contributed by atoms with E-state index in [9.17, 15) is 4.79 Å². The molecule has 0 aliphatic carbocycles. The second-order valence-electron chi connectivity index (χ2n) is 2.82. The van der Waals surface area contributed by atoms with Crippen LogP contribution in [0.1, 0.15) is 24.0 Å². The Kier molecular flexibility index (Phi) is 3.35. The molecule has 1 aromatic rings. The molecule has 64 valence electrons. The maximum atomic E-state index is 10.4. The Balaban J connectivity index is 2.84. The van der Waals surface area contributed by atoms with Gasteiger partial charge < -0.3 is 4.79 Å². The van der Waals surface area contributed by atoms with Crippen LogP contribution in [0.4, 0.5) is 0 Å². The number of rotatable bonds is 3. The van der Waals surface area contributed by atoms with Crippen molar-refractivity contribution in [1.29, 1.82) is 0 Å². The molecule has 1 nitrogen and oxygen atoms in total. The van der Waals surface area contributed by atoms with Crippen LogP contribution in [0, 0.1) is 0 Å². The van der Waals surface area contributed by atoms with Gasteiger partial charge in [0, 0.05) is 11.7 Å². The van der Waals surface area contributed by atoms with Crippen molar-refractivity contribution in [3.63, 3.8) is 0 Å². The number of carbonyl (C=O) groups is 1. The van der Waals surface area contributed by atoms with Crippen molar-refractivity contribution in [3.8, 4) is 0 Å². The molecule has 0 aliphatic rings. The summed E-state index contributed by atoms with van der Waals surface area (Å²) in [6.45, 7) is 1.89. The minimum Gasteiger partial charge on any atom is -0.303 e. The van der Waals surface area contributed by atoms with Gasteiger partial charge in [0.2, 0.25) is 0 Å². The molecule has 0 heterocycles. The van der Waals surface area contributed by atoms with Crippen molar-refractivity contribution in [2.24, 2.45) is 0 Å². The highest BCUT2D eigenvalue weighted by Crippen LogP contribution is 2.14. The normalized spacial score (nSPS) is 12.5. The highest BCUT2D eigenvalue weighted by Gasteiger charge is 2.01. The van der Waals surface area contributed by atoms with Crippen molar-refractivity contribution >= 4 is 18.9 Å². The molecule has 0 radical (unpaired) electrons. The largest absolute Gasteiger partial charge is 0.303 e. The Bertz CT molecular complexity index is 253. The van der Waals surface area contributed by atoms with Crippen LogP contribution in [0.5, 0.6) is 0 Å². The molecule has 12 heavy (non-hydrogen) atoms. The Morgan fingerprint density at radius 1 is 1.42 bits per heavy atom. The summed E-state index contributed by atoms with van der Waals surface area (Å²) in [6, 6.07) is 7.96. The second-order valence-corrected chi connectivity index (χ2v) is 3.14. The van der Waals surface area contributed by atoms with Gasteiger partial charge in [0.05, 0.1) is 0 Å². The molecule has 0 fully saturated rings. The van der Waals surface area contributed by atoms with Gasteiger partial charge in [-0.1, -0.05) is 31.2 Å². The van der Waals surface area contributed by atoms with Gasteiger partial charge in [-0.3, -0.25) is 0 Å². The van der Waals surface area contributed by atoms with E-state index in [1.165, 1.54) is 5.56 Å².